The molecule has 0 radical (unpaired) electrons. The molecule has 0 spiro atoms. The smallest absolute Gasteiger partial charge is 0.321 e. The number of urea groups is 1. The van der Waals surface area contributed by atoms with E-state index in [9.17, 15) is 13.2 Å². The van der Waals surface area contributed by atoms with E-state index in [2.05, 4.69) is 10.0 Å². The van der Waals surface area contributed by atoms with Gasteiger partial charge in [0.1, 0.15) is 0 Å². The molecule has 1 heterocycles. The summed E-state index contributed by atoms with van der Waals surface area (Å²) < 4.78 is 27.0. The van der Waals surface area contributed by atoms with Gasteiger partial charge in [-0.3, -0.25) is 0 Å². The van der Waals surface area contributed by atoms with Crippen molar-refractivity contribution in [1.29, 1.82) is 0 Å². The standard InChI is InChI=1S/C17H27N3O3S/c1-3-14(2)19-24(22,23)16-10-8-15(9-11-16)18-17(21)20-12-6-4-5-7-13-20/h8-11,14,19H,3-7,12-13H2,1-2H3,(H,18,21)/t14-/m1/s1. The van der Waals surface area contributed by atoms with Crippen LogP contribution in [0.5, 0.6) is 0 Å². The predicted molar refractivity (Wildman–Crippen MR) is 95.6 cm³/mol. The summed E-state index contributed by atoms with van der Waals surface area (Å²) >= 11 is 0. The van der Waals surface area contributed by atoms with Crippen LogP contribution in [0.1, 0.15) is 46.0 Å². The van der Waals surface area contributed by atoms with Crippen LogP contribution in [0, 0.1) is 0 Å². The highest BCUT2D eigenvalue weighted by atomic mass is 32.2. The topological polar surface area (TPSA) is 78.5 Å². The Morgan fingerprint density at radius 1 is 1.12 bits per heavy atom. The zero-order chi connectivity index (χ0) is 17.6. The molecule has 1 aromatic rings. The Kier molecular flexibility index (Phi) is 6.62. The highest BCUT2D eigenvalue weighted by Crippen LogP contribution is 2.16. The predicted octanol–water partition coefficient (Wildman–Crippen LogP) is 3.17. The molecule has 2 rings (SSSR count). The molecule has 0 unspecified atom stereocenters. The number of amides is 2. The van der Waals surface area contributed by atoms with E-state index in [0.717, 1.165) is 32.4 Å². The number of carbonyl (C=O) groups excluding carboxylic acids is 1. The Morgan fingerprint density at radius 3 is 2.25 bits per heavy atom. The summed E-state index contributed by atoms with van der Waals surface area (Å²) in [5.74, 6) is 0. The van der Waals surface area contributed by atoms with Crippen molar-refractivity contribution in [1.82, 2.24) is 9.62 Å². The Labute approximate surface area is 144 Å². The van der Waals surface area contributed by atoms with Crippen LogP contribution in [0.15, 0.2) is 29.2 Å². The lowest BCUT2D eigenvalue weighted by atomic mass is 10.2. The fraction of sp³-hybridized carbons (Fsp3) is 0.588. The fourth-order valence-electron chi connectivity index (χ4n) is 2.61. The molecule has 1 aliphatic heterocycles. The van der Waals surface area contributed by atoms with Gasteiger partial charge in [-0.1, -0.05) is 19.8 Å². The Hall–Kier alpha value is -1.60. The van der Waals surface area contributed by atoms with Crippen molar-refractivity contribution in [3.8, 4) is 0 Å². The van der Waals surface area contributed by atoms with Crippen molar-refractivity contribution in [2.75, 3.05) is 18.4 Å². The van der Waals surface area contributed by atoms with Crippen LogP contribution in [0.3, 0.4) is 0 Å². The zero-order valence-corrected chi connectivity index (χ0v) is 15.2. The van der Waals surface area contributed by atoms with Crippen LogP contribution >= 0.6 is 0 Å². The van der Waals surface area contributed by atoms with Gasteiger partial charge in [-0.15, -0.1) is 0 Å². The van der Waals surface area contributed by atoms with Crippen molar-refractivity contribution in [3.63, 3.8) is 0 Å². The summed E-state index contributed by atoms with van der Waals surface area (Å²) in [4.78, 5) is 14.3. The van der Waals surface area contributed by atoms with Gasteiger partial charge in [-0.25, -0.2) is 17.9 Å². The number of rotatable bonds is 5. The van der Waals surface area contributed by atoms with Gasteiger partial charge in [0.2, 0.25) is 10.0 Å². The number of nitrogens with one attached hydrogen (secondary N) is 2. The van der Waals surface area contributed by atoms with E-state index in [1.165, 1.54) is 25.0 Å². The molecule has 1 aromatic carbocycles. The molecule has 1 atom stereocenters. The minimum atomic E-state index is -3.52. The van der Waals surface area contributed by atoms with Gasteiger partial charge in [0, 0.05) is 24.8 Å². The van der Waals surface area contributed by atoms with Crippen LogP contribution in [-0.4, -0.2) is 38.5 Å². The summed E-state index contributed by atoms with van der Waals surface area (Å²) in [5, 5.41) is 2.84. The van der Waals surface area contributed by atoms with Crippen molar-refractivity contribution in [3.05, 3.63) is 24.3 Å². The molecule has 0 aliphatic carbocycles. The van der Waals surface area contributed by atoms with Crippen LogP contribution in [0.25, 0.3) is 0 Å². The summed E-state index contributed by atoms with van der Waals surface area (Å²) in [6.07, 6.45) is 5.13. The average Bonchev–Trinajstić information content (AvgIpc) is 2.84. The third kappa shape index (κ3) is 5.21. The number of hydrogen-bond donors (Lipinski definition) is 2. The zero-order valence-electron chi connectivity index (χ0n) is 14.4. The summed E-state index contributed by atoms with van der Waals surface area (Å²) in [6, 6.07) is 6.05. The van der Waals surface area contributed by atoms with Gasteiger partial charge in [-0.05, 0) is 50.5 Å². The van der Waals surface area contributed by atoms with Crippen molar-refractivity contribution >= 4 is 21.7 Å². The van der Waals surface area contributed by atoms with Crippen LogP contribution in [-0.2, 0) is 10.0 Å². The molecule has 24 heavy (non-hydrogen) atoms. The molecule has 2 amide bonds. The molecule has 0 aromatic heterocycles. The molecule has 1 fully saturated rings. The molecular weight excluding hydrogens is 326 g/mol. The lowest BCUT2D eigenvalue weighted by molar-refractivity contribution is 0.214. The highest BCUT2D eigenvalue weighted by molar-refractivity contribution is 7.89. The number of carbonyl (C=O) groups is 1. The third-order valence-electron chi connectivity index (χ3n) is 4.28. The maximum Gasteiger partial charge on any atom is 0.321 e. The third-order valence-corrected chi connectivity index (χ3v) is 5.88. The first-order valence-corrected chi connectivity index (χ1v) is 10.1. The fourth-order valence-corrected chi connectivity index (χ4v) is 3.94. The van der Waals surface area contributed by atoms with Gasteiger partial charge in [0.15, 0.2) is 0 Å². The molecule has 1 aliphatic rings. The largest absolute Gasteiger partial charge is 0.325 e. The molecule has 0 bridgehead atoms. The summed E-state index contributed by atoms with van der Waals surface area (Å²) in [7, 11) is -3.52. The van der Waals surface area contributed by atoms with Gasteiger partial charge in [-0.2, -0.15) is 0 Å². The summed E-state index contributed by atoms with van der Waals surface area (Å²) in [6.45, 7) is 5.30. The first kappa shape index (κ1) is 18.7. The number of hydrogen-bond acceptors (Lipinski definition) is 3. The highest BCUT2D eigenvalue weighted by Gasteiger charge is 2.18. The van der Waals surface area contributed by atoms with Gasteiger partial charge in [0.25, 0.3) is 0 Å². The average molecular weight is 353 g/mol. The Bertz CT molecular complexity index is 636. The van der Waals surface area contributed by atoms with E-state index in [0.29, 0.717) is 5.69 Å². The van der Waals surface area contributed by atoms with Crippen molar-refractivity contribution < 1.29 is 13.2 Å². The minimum absolute atomic E-state index is 0.114. The second-order valence-electron chi connectivity index (χ2n) is 6.29. The number of nitrogens with zero attached hydrogens (tertiary/aromatic N) is 1. The van der Waals surface area contributed by atoms with Crippen LogP contribution in [0.4, 0.5) is 10.5 Å². The number of likely N-dealkylation sites (tertiary alicyclic amines) is 1. The molecule has 6 nitrogen and oxygen atoms in total. The van der Waals surface area contributed by atoms with Crippen LogP contribution in [0.2, 0.25) is 0 Å². The second-order valence-corrected chi connectivity index (χ2v) is 8.00. The van der Waals surface area contributed by atoms with Crippen LogP contribution < -0.4 is 10.0 Å². The second kappa shape index (κ2) is 8.48. The SMILES string of the molecule is CC[C@@H](C)NS(=O)(=O)c1ccc(NC(=O)N2CCCCCC2)cc1. The van der Waals surface area contributed by atoms with Crippen molar-refractivity contribution in [2.45, 2.75) is 56.9 Å². The number of benzene rings is 1. The Balaban J connectivity index is 2.00. The van der Waals surface area contributed by atoms with E-state index < -0.39 is 10.0 Å². The summed E-state index contributed by atoms with van der Waals surface area (Å²) in [5.41, 5.74) is 0.603. The van der Waals surface area contributed by atoms with E-state index in [1.807, 2.05) is 18.7 Å². The molecular formula is C17H27N3O3S. The molecule has 134 valence electrons. The lowest BCUT2D eigenvalue weighted by Gasteiger charge is -2.20. The Morgan fingerprint density at radius 2 is 1.71 bits per heavy atom. The molecule has 0 saturated carbocycles. The first-order valence-electron chi connectivity index (χ1n) is 8.60. The molecule has 2 N–H and O–H groups in total. The first-order chi connectivity index (χ1) is 11.4. The number of sulfonamides is 1. The van der Waals surface area contributed by atoms with Crippen molar-refractivity contribution in [2.24, 2.45) is 0 Å². The monoisotopic (exact) mass is 353 g/mol. The minimum Gasteiger partial charge on any atom is -0.325 e. The normalized spacial score (nSPS) is 17.2. The lowest BCUT2D eigenvalue weighted by Crippen LogP contribution is -2.35. The number of anilines is 1. The van der Waals surface area contributed by atoms with Gasteiger partial charge >= 0.3 is 6.03 Å². The van der Waals surface area contributed by atoms with E-state index >= 15 is 0 Å². The maximum absolute atomic E-state index is 12.3. The van der Waals surface area contributed by atoms with E-state index in [1.54, 1.807) is 12.1 Å². The van der Waals surface area contributed by atoms with Gasteiger partial charge < -0.3 is 10.2 Å². The molecule has 1 saturated heterocycles. The quantitative estimate of drug-likeness (QED) is 0.853. The maximum atomic E-state index is 12.3. The van der Waals surface area contributed by atoms with Gasteiger partial charge in [0.05, 0.1) is 4.90 Å². The van der Waals surface area contributed by atoms with E-state index in [4.69, 9.17) is 0 Å². The molecule has 7 heteroatoms. The van der Waals surface area contributed by atoms with E-state index in [-0.39, 0.29) is 17.0 Å².